The third kappa shape index (κ3) is 12.6. The molecule has 8 N–H and O–H groups in total. The Labute approximate surface area is 105 Å². The highest BCUT2D eigenvalue weighted by Gasteiger charge is 2.09. The van der Waals surface area contributed by atoms with Gasteiger partial charge in [0.25, 0.3) is 0 Å². The van der Waals surface area contributed by atoms with E-state index in [2.05, 4.69) is 0 Å². The molecule has 0 heterocycles. The van der Waals surface area contributed by atoms with E-state index in [0.29, 0.717) is 32.4 Å². The zero-order chi connectivity index (χ0) is 14.6. The van der Waals surface area contributed by atoms with Crippen LogP contribution in [0.1, 0.15) is 25.7 Å². The average molecular weight is 263 g/mol. The molecular formula is C10H21N3O5. The SMILES string of the molecule is NCCCC(=O)C(=O)O.NCCCC(N)C(=O)O. The normalized spacial score (nSPS) is 11.1. The van der Waals surface area contributed by atoms with Crippen molar-refractivity contribution in [1.82, 2.24) is 0 Å². The van der Waals surface area contributed by atoms with E-state index in [0.717, 1.165) is 0 Å². The van der Waals surface area contributed by atoms with Crippen LogP contribution in [0, 0.1) is 0 Å². The predicted octanol–water partition coefficient (Wildman–Crippen LogP) is -1.48. The lowest BCUT2D eigenvalue weighted by Crippen LogP contribution is -2.30. The number of carbonyl (C=O) groups excluding carboxylic acids is 1. The molecule has 0 spiro atoms. The second kappa shape index (κ2) is 12.0. The Hall–Kier alpha value is -1.51. The molecule has 0 aromatic carbocycles. The van der Waals surface area contributed by atoms with E-state index in [9.17, 15) is 14.4 Å². The van der Waals surface area contributed by atoms with Gasteiger partial charge in [0.15, 0.2) is 0 Å². The Morgan fingerprint density at radius 1 is 1.00 bits per heavy atom. The molecule has 0 bridgehead atoms. The van der Waals surface area contributed by atoms with Crippen molar-refractivity contribution in [3.63, 3.8) is 0 Å². The van der Waals surface area contributed by atoms with Gasteiger partial charge in [-0.2, -0.15) is 0 Å². The van der Waals surface area contributed by atoms with Gasteiger partial charge in [-0.15, -0.1) is 0 Å². The maximum Gasteiger partial charge on any atom is 0.372 e. The van der Waals surface area contributed by atoms with Crippen LogP contribution in [-0.4, -0.2) is 47.1 Å². The minimum Gasteiger partial charge on any atom is -0.480 e. The molecule has 8 nitrogen and oxygen atoms in total. The number of aliphatic carboxylic acids is 2. The number of rotatable bonds is 8. The molecule has 0 aliphatic heterocycles. The second-order valence-corrected chi connectivity index (χ2v) is 3.50. The molecule has 106 valence electrons. The highest BCUT2D eigenvalue weighted by atomic mass is 16.4. The molecule has 1 unspecified atom stereocenters. The van der Waals surface area contributed by atoms with Crippen LogP contribution in [0.15, 0.2) is 0 Å². The van der Waals surface area contributed by atoms with Gasteiger partial charge in [0.1, 0.15) is 6.04 Å². The van der Waals surface area contributed by atoms with Crippen molar-refractivity contribution in [3.05, 3.63) is 0 Å². The molecule has 0 saturated heterocycles. The fraction of sp³-hybridized carbons (Fsp3) is 0.700. The van der Waals surface area contributed by atoms with Crippen molar-refractivity contribution < 1.29 is 24.6 Å². The molecular weight excluding hydrogens is 242 g/mol. The van der Waals surface area contributed by atoms with Crippen molar-refractivity contribution in [2.75, 3.05) is 13.1 Å². The maximum absolute atomic E-state index is 10.2. The third-order valence-electron chi connectivity index (χ3n) is 1.88. The van der Waals surface area contributed by atoms with E-state index in [1.807, 2.05) is 0 Å². The lowest BCUT2D eigenvalue weighted by Gasteiger charge is -2.02. The first kappa shape index (κ1) is 18.8. The van der Waals surface area contributed by atoms with Gasteiger partial charge in [-0.05, 0) is 32.4 Å². The summed E-state index contributed by atoms with van der Waals surface area (Å²) in [6, 6.07) is -0.742. The molecule has 0 saturated carbocycles. The molecule has 0 aliphatic rings. The van der Waals surface area contributed by atoms with Gasteiger partial charge < -0.3 is 27.4 Å². The lowest BCUT2D eigenvalue weighted by atomic mass is 10.2. The van der Waals surface area contributed by atoms with Gasteiger partial charge in [0.05, 0.1) is 0 Å². The van der Waals surface area contributed by atoms with Crippen LogP contribution in [0.3, 0.4) is 0 Å². The first-order chi connectivity index (χ1) is 8.36. The summed E-state index contributed by atoms with van der Waals surface area (Å²) in [6.45, 7) is 0.861. The first-order valence-electron chi connectivity index (χ1n) is 5.51. The molecule has 1 atom stereocenters. The topological polar surface area (TPSA) is 170 Å². The van der Waals surface area contributed by atoms with Crippen molar-refractivity contribution in [2.24, 2.45) is 17.2 Å². The first-order valence-corrected chi connectivity index (χ1v) is 5.51. The van der Waals surface area contributed by atoms with Gasteiger partial charge in [0.2, 0.25) is 5.78 Å². The zero-order valence-electron chi connectivity index (χ0n) is 10.2. The summed E-state index contributed by atoms with van der Waals surface area (Å²) in [5.41, 5.74) is 15.3. The number of hydrogen-bond donors (Lipinski definition) is 5. The molecule has 0 aromatic heterocycles. The number of carbonyl (C=O) groups is 3. The lowest BCUT2D eigenvalue weighted by molar-refractivity contribution is -0.149. The minimum absolute atomic E-state index is 0.0475. The molecule has 0 amide bonds. The van der Waals surface area contributed by atoms with E-state index in [-0.39, 0.29) is 6.42 Å². The second-order valence-electron chi connectivity index (χ2n) is 3.50. The van der Waals surface area contributed by atoms with Gasteiger partial charge in [-0.3, -0.25) is 9.59 Å². The monoisotopic (exact) mass is 263 g/mol. The summed E-state index contributed by atoms with van der Waals surface area (Å²) in [4.78, 5) is 30.1. The summed E-state index contributed by atoms with van der Waals surface area (Å²) < 4.78 is 0. The van der Waals surface area contributed by atoms with E-state index in [1.165, 1.54) is 0 Å². The van der Waals surface area contributed by atoms with E-state index >= 15 is 0 Å². The fourth-order valence-electron chi connectivity index (χ4n) is 0.831. The van der Waals surface area contributed by atoms with E-state index in [1.54, 1.807) is 0 Å². The van der Waals surface area contributed by atoms with Crippen molar-refractivity contribution in [3.8, 4) is 0 Å². The Balaban J connectivity index is 0. The van der Waals surface area contributed by atoms with E-state index in [4.69, 9.17) is 27.4 Å². The third-order valence-corrected chi connectivity index (χ3v) is 1.88. The number of Topliss-reactive ketones (excluding diaryl/α,β-unsaturated/α-hetero) is 1. The van der Waals surface area contributed by atoms with Gasteiger partial charge >= 0.3 is 11.9 Å². The van der Waals surface area contributed by atoms with Crippen LogP contribution < -0.4 is 17.2 Å². The van der Waals surface area contributed by atoms with Crippen molar-refractivity contribution in [1.29, 1.82) is 0 Å². The number of ketones is 1. The Morgan fingerprint density at radius 2 is 1.50 bits per heavy atom. The quantitative estimate of drug-likeness (QED) is 0.330. The zero-order valence-corrected chi connectivity index (χ0v) is 10.2. The highest BCUT2D eigenvalue weighted by Crippen LogP contribution is 1.91. The smallest absolute Gasteiger partial charge is 0.372 e. The Kier molecular flexibility index (Phi) is 12.5. The predicted molar refractivity (Wildman–Crippen MR) is 64.8 cm³/mol. The summed E-state index contributed by atoms with van der Waals surface area (Å²) >= 11 is 0. The van der Waals surface area contributed by atoms with Crippen molar-refractivity contribution in [2.45, 2.75) is 31.7 Å². The van der Waals surface area contributed by atoms with Gasteiger partial charge in [-0.1, -0.05) is 0 Å². The van der Waals surface area contributed by atoms with Gasteiger partial charge in [-0.25, -0.2) is 4.79 Å². The number of hydrogen-bond acceptors (Lipinski definition) is 6. The minimum atomic E-state index is -1.37. The summed E-state index contributed by atoms with van der Waals surface area (Å²) in [5, 5.41) is 16.3. The Morgan fingerprint density at radius 3 is 1.83 bits per heavy atom. The average Bonchev–Trinajstić information content (AvgIpc) is 2.33. The largest absolute Gasteiger partial charge is 0.480 e. The van der Waals surface area contributed by atoms with E-state index < -0.39 is 23.8 Å². The summed E-state index contributed by atoms with van der Waals surface area (Å²) in [5.74, 6) is -3.09. The molecule has 0 radical (unpaired) electrons. The molecule has 0 rings (SSSR count). The Bertz CT molecular complexity index is 270. The fourth-order valence-corrected chi connectivity index (χ4v) is 0.831. The molecule has 0 aromatic rings. The van der Waals surface area contributed by atoms with Crippen molar-refractivity contribution >= 4 is 17.7 Å². The maximum atomic E-state index is 10.2. The number of carboxylic acid groups (broad SMARTS) is 2. The summed E-state index contributed by atoms with van der Waals surface area (Å²) in [7, 11) is 0. The van der Waals surface area contributed by atoms with Crippen LogP contribution >= 0.6 is 0 Å². The van der Waals surface area contributed by atoms with Crippen LogP contribution in [0.4, 0.5) is 0 Å². The van der Waals surface area contributed by atoms with Crippen LogP contribution in [0.5, 0.6) is 0 Å². The van der Waals surface area contributed by atoms with Crippen LogP contribution in [-0.2, 0) is 14.4 Å². The standard InChI is InChI=1S/C5H12N2O2.C5H9NO3/c2*6-3-1-2-4(7)5(8)9/h4H,1-3,6-7H2,(H,8,9);1-3,6H2,(H,8,9). The molecule has 0 aliphatic carbocycles. The van der Waals surface area contributed by atoms with Crippen LogP contribution in [0.25, 0.3) is 0 Å². The highest BCUT2D eigenvalue weighted by molar-refractivity contribution is 6.32. The van der Waals surface area contributed by atoms with Crippen LogP contribution in [0.2, 0.25) is 0 Å². The number of nitrogens with two attached hydrogens (primary N) is 3. The van der Waals surface area contributed by atoms with Gasteiger partial charge in [0, 0.05) is 6.42 Å². The molecule has 0 fully saturated rings. The molecule has 18 heavy (non-hydrogen) atoms. The number of carboxylic acids is 2. The molecule has 8 heteroatoms. The summed E-state index contributed by atoms with van der Waals surface area (Å²) in [6.07, 6.45) is 1.64.